The molecule has 1 aliphatic rings. The molecule has 0 spiro atoms. The zero-order chi connectivity index (χ0) is 22.0. The molecule has 156 valence electrons. The van der Waals surface area contributed by atoms with Crippen LogP contribution < -0.4 is 5.32 Å². The van der Waals surface area contributed by atoms with E-state index in [4.69, 9.17) is 20.9 Å². The molecule has 1 heterocycles. The van der Waals surface area contributed by atoms with Gasteiger partial charge in [0, 0.05) is 16.1 Å². The van der Waals surface area contributed by atoms with Gasteiger partial charge in [-0.2, -0.15) is 0 Å². The molecule has 6 heteroatoms. The number of benzene rings is 2. The monoisotopic (exact) mass is 432 g/mol. The maximum atomic E-state index is 12.4. The minimum absolute atomic E-state index is 0.273. The van der Waals surface area contributed by atoms with E-state index >= 15 is 0 Å². The summed E-state index contributed by atoms with van der Waals surface area (Å²) in [6.07, 6.45) is 1.96. The van der Waals surface area contributed by atoms with E-state index < -0.39 is 12.2 Å². The molecular formula is C25H21ClN2O3. The number of aromatic nitrogens is 1. The highest BCUT2D eigenvalue weighted by molar-refractivity contribution is 6.31. The molecule has 0 saturated heterocycles. The Morgan fingerprint density at radius 3 is 2.84 bits per heavy atom. The fourth-order valence-corrected chi connectivity index (χ4v) is 3.78. The van der Waals surface area contributed by atoms with Crippen LogP contribution in [-0.2, 0) is 11.2 Å². The summed E-state index contributed by atoms with van der Waals surface area (Å²) in [7, 11) is 0. The van der Waals surface area contributed by atoms with Crippen molar-refractivity contribution in [2.75, 3.05) is 5.32 Å². The molecule has 1 atom stereocenters. The van der Waals surface area contributed by atoms with Crippen molar-refractivity contribution in [3.05, 3.63) is 86.8 Å². The van der Waals surface area contributed by atoms with Crippen molar-refractivity contribution >= 4 is 29.5 Å². The van der Waals surface area contributed by atoms with Crippen molar-refractivity contribution in [1.29, 1.82) is 0 Å². The summed E-state index contributed by atoms with van der Waals surface area (Å²) in [6.45, 7) is 5.60. The Kier molecular flexibility index (Phi) is 5.83. The van der Waals surface area contributed by atoms with E-state index in [9.17, 15) is 4.79 Å². The first-order valence-electron chi connectivity index (χ1n) is 9.91. The van der Waals surface area contributed by atoms with E-state index in [1.54, 1.807) is 19.9 Å². The van der Waals surface area contributed by atoms with Gasteiger partial charge in [-0.3, -0.25) is 5.32 Å². The number of hydrogen-bond donors (Lipinski definition) is 1. The zero-order valence-electron chi connectivity index (χ0n) is 17.5. The van der Waals surface area contributed by atoms with Gasteiger partial charge in [-0.05, 0) is 62.4 Å². The fourth-order valence-electron chi connectivity index (χ4n) is 3.49. The Balaban J connectivity index is 1.48. The van der Waals surface area contributed by atoms with Crippen molar-refractivity contribution in [1.82, 2.24) is 5.16 Å². The average molecular weight is 433 g/mol. The molecule has 0 saturated carbocycles. The molecule has 0 radical (unpaired) electrons. The molecule has 2 aromatic carbocycles. The molecule has 4 rings (SSSR count). The molecule has 0 bridgehead atoms. The van der Waals surface area contributed by atoms with Crippen LogP contribution in [0.15, 0.2) is 52.6 Å². The number of allylic oxidation sites excluding steroid dienone is 1. The first-order valence-corrected chi connectivity index (χ1v) is 10.3. The van der Waals surface area contributed by atoms with Crippen LogP contribution in [0, 0.1) is 18.8 Å². The highest BCUT2D eigenvalue weighted by Gasteiger charge is 2.19. The Hall–Kier alpha value is -3.49. The van der Waals surface area contributed by atoms with Crippen molar-refractivity contribution in [3.63, 3.8) is 0 Å². The van der Waals surface area contributed by atoms with Gasteiger partial charge in [0.25, 0.3) is 0 Å². The maximum Gasteiger partial charge on any atom is 0.412 e. The van der Waals surface area contributed by atoms with Crippen molar-refractivity contribution < 1.29 is 14.1 Å². The number of aryl methyl sites for hydroxylation is 1. The molecular weight excluding hydrogens is 412 g/mol. The molecule has 1 amide bonds. The number of ether oxygens (including phenoxy) is 1. The lowest BCUT2D eigenvalue weighted by atomic mass is 10.1. The van der Waals surface area contributed by atoms with Crippen molar-refractivity contribution in [3.8, 4) is 11.8 Å². The highest BCUT2D eigenvalue weighted by atomic mass is 35.5. The SMILES string of the molecule is CC1=Cc2ccc(C#Cc3onc(C)c3NC(=O)OC(C)c3ccccc3Cl)cc2C1. The van der Waals surface area contributed by atoms with Gasteiger partial charge >= 0.3 is 6.09 Å². The quantitative estimate of drug-likeness (QED) is 0.493. The number of hydrogen-bond acceptors (Lipinski definition) is 4. The fraction of sp³-hybridized carbons (Fsp3) is 0.200. The van der Waals surface area contributed by atoms with Crippen LogP contribution in [0.1, 0.15) is 53.7 Å². The van der Waals surface area contributed by atoms with Gasteiger partial charge in [0.1, 0.15) is 17.5 Å². The lowest BCUT2D eigenvalue weighted by molar-refractivity contribution is 0.121. The minimum atomic E-state index is -0.638. The van der Waals surface area contributed by atoms with Crippen molar-refractivity contribution in [2.45, 2.75) is 33.3 Å². The number of rotatable bonds is 3. The number of amides is 1. The van der Waals surface area contributed by atoms with Crippen molar-refractivity contribution in [2.24, 2.45) is 0 Å². The second kappa shape index (κ2) is 8.71. The third-order valence-corrected chi connectivity index (χ3v) is 5.40. The number of nitrogens with zero attached hydrogens (tertiary/aromatic N) is 1. The lowest BCUT2D eigenvalue weighted by Crippen LogP contribution is -2.17. The Labute approximate surface area is 186 Å². The largest absolute Gasteiger partial charge is 0.441 e. The summed E-state index contributed by atoms with van der Waals surface area (Å²) in [5, 5.41) is 7.15. The maximum absolute atomic E-state index is 12.4. The van der Waals surface area contributed by atoms with E-state index in [1.165, 1.54) is 16.7 Å². The van der Waals surface area contributed by atoms with E-state index in [1.807, 2.05) is 24.3 Å². The van der Waals surface area contributed by atoms with E-state index in [0.29, 0.717) is 16.4 Å². The zero-order valence-corrected chi connectivity index (χ0v) is 18.2. The minimum Gasteiger partial charge on any atom is -0.441 e. The Morgan fingerprint density at radius 2 is 2.03 bits per heavy atom. The molecule has 1 unspecified atom stereocenters. The number of anilines is 1. The Bertz CT molecular complexity index is 1250. The molecule has 5 nitrogen and oxygen atoms in total. The molecule has 1 N–H and O–H groups in total. The predicted octanol–water partition coefficient (Wildman–Crippen LogP) is 6.31. The van der Waals surface area contributed by atoms with Gasteiger partial charge in [-0.15, -0.1) is 0 Å². The van der Waals surface area contributed by atoms with Gasteiger partial charge in [-0.1, -0.05) is 58.6 Å². The predicted molar refractivity (Wildman–Crippen MR) is 121 cm³/mol. The van der Waals surface area contributed by atoms with E-state index in [2.05, 4.69) is 47.4 Å². The van der Waals surface area contributed by atoms with E-state index in [0.717, 1.165) is 17.5 Å². The normalized spacial score (nSPS) is 13.0. The van der Waals surface area contributed by atoms with Crippen LogP contribution in [0.4, 0.5) is 10.5 Å². The van der Waals surface area contributed by atoms with Crippen LogP contribution >= 0.6 is 11.6 Å². The first kappa shape index (κ1) is 20.8. The van der Waals surface area contributed by atoms with Gasteiger partial charge < -0.3 is 9.26 Å². The summed E-state index contributed by atoms with van der Waals surface area (Å²) in [6, 6.07) is 13.3. The van der Waals surface area contributed by atoms with Gasteiger partial charge in [0.15, 0.2) is 0 Å². The average Bonchev–Trinajstić information content (AvgIpc) is 3.27. The van der Waals surface area contributed by atoms with Crippen LogP contribution in [-0.4, -0.2) is 11.2 Å². The second-order valence-electron chi connectivity index (χ2n) is 7.50. The summed E-state index contributed by atoms with van der Waals surface area (Å²) < 4.78 is 10.8. The molecule has 0 fully saturated rings. The lowest BCUT2D eigenvalue weighted by Gasteiger charge is -2.15. The number of carbonyl (C=O) groups is 1. The van der Waals surface area contributed by atoms with Gasteiger partial charge in [0.05, 0.1) is 0 Å². The Morgan fingerprint density at radius 1 is 1.23 bits per heavy atom. The van der Waals surface area contributed by atoms with Crippen LogP contribution in [0.3, 0.4) is 0 Å². The molecule has 0 aliphatic heterocycles. The van der Waals surface area contributed by atoms with Crippen LogP contribution in [0.5, 0.6) is 0 Å². The van der Waals surface area contributed by atoms with Gasteiger partial charge in [-0.25, -0.2) is 4.79 Å². The molecule has 3 aromatic rings. The second-order valence-corrected chi connectivity index (χ2v) is 7.90. The van der Waals surface area contributed by atoms with E-state index in [-0.39, 0.29) is 5.76 Å². The third-order valence-electron chi connectivity index (χ3n) is 5.05. The van der Waals surface area contributed by atoms with Crippen LogP contribution in [0.2, 0.25) is 5.02 Å². The standard InChI is InChI=1S/C25H21ClN2O3/c1-15-12-19-10-8-18(14-20(19)13-15)9-11-23-24(16(2)28-31-23)27-25(29)30-17(3)21-6-4-5-7-22(21)26/h4-8,10,12,14,17H,13H2,1-3H3,(H,27,29). The molecule has 1 aromatic heterocycles. The summed E-state index contributed by atoms with van der Waals surface area (Å²) >= 11 is 6.18. The first-order chi connectivity index (χ1) is 14.9. The number of carbonyl (C=O) groups excluding carboxylic acids is 1. The molecule has 31 heavy (non-hydrogen) atoms. The van der Waals surface area contributed by atoms with Crippen LogP contribution in [0.25, 0.3) is 6.08 Å². The summed E-state index contributed by atoms with van der Waals surface area (Å²) in [4.78, 5) is 12.4. The number of fused-ring (bicyclic) bond motifs is 1. The summed E-state index contributed by atoms with van der Waals surface area (Å²) in [5.41, 5.74) is 6.33. The topological polar surface area (TPSA) is 64.4 Å². The molecule has 1 aliphatic carbocycles. The highest BCUT2D eigenvalue weighted by Crippen LogP contribution is 2.27. The smallest absolute Gasteiger partial charge is 0.412 e. The van der Waals surface area contributed by atoms with Gasteiger partial charge in [0.2, 0.25) is 5.76 Å². The number of nitrogens with one attached hydrogen (secondary N) is 1. The third kappa shape index (κ3) is 4.65. The summed E-state index contributed by atoms with van der Waals surface area (Å²) in [5.74, 6) is 6.33. The number of halogens is 1.